The van der Waals surface area contributed by atoms with E-state index in [0.29, 0.717) is 22.9 Å². The van der Waals surface area contributed by atoms with E-state index in [0.717, 1.165) is 12.2 Å². The molecule has 5 nitrogen and oxygen atoms in total. The molecule has 2 rings (SSSR count). The second kappa shape index (κ2) is 6.72. The Morgan fingerprint density at radius 1 is 1.55 bits per heavy atom. The SMILES string of the molecule is COCC(Nc1cnn(CC2CC2)c(=O)c1Br)C(C)C. The van der Waals surface area contributed by atoms with Gasteiger partial charge in [0, 0.05) is 13.7 Å². The van der Waals surface area contributed by atoms with Crippen LogP contribution in [0.5, 0.6) is 0 Å². The molecule has 1 N–H and O–H groups in total. The zero-order valence-electron chi connectivity index (χ0n) is 12.2. The average molecular weight is 344 g/mol. The van der Waals surface area contributed by atoms with Gasteiger partial charge in [0.2, 0.25) is 0 Å². The molecule has 1 aromatic heterocycles. The van der Waals surface area contributed by atoms with Gasteiger partial charge in [0.05, 0.1) is 24.5 Å². The molecule has 0 aromatic carbocycles. The first kappa shape index (κ1) is 15.5. The van der Waals surface area contributed by atoms with Crippen molar-refractivity contribution in [1.82, 2.24) is 9.78 Å². The summed E-state index contributed by atoms with van der Waals surface area (Å²) in [5.74, 6) is 1.03. The lowest BCUT2D eigenvalue weighted by Gasteiger charge is -2.23. The minimum absolute atomic E-state index is 0.0678. The van der Waals surface area contributed by atoms with Crippen molar-refractivity contribution in [2.75, 3.05) is 19.0 Å². The molecule has 1 fully saturated rings. The number of aromatic nitrogens is 2. The van der Waals surface area contributed by atoms with Gasteiger partial charge in [-0.15, -0.1) is 0 Å². The van der Waals surface area contributed by atoms with E-state index in [1.54, 1.807) is 18.0 Å². The lowest BCUT2D eigenvalue weighted by Crippen LogP contribution is -2.32. The number of rotatable bonds is 7. The van der Waals surface area contributed by atoms with Crippen LogP contribution in [-0.4, -0.2) is 29.5 Å². The van der Waals surface area contributed by atoms with Crippen LogP contribution >= 0.6 is 15.9 Å². The molecule has 1 aromatic rings. The van der Waals surface area contributed by atoms with Crippen LogP contribution in [0.4, 0.5) is 5.69 Å². The summed E-state index contributed by atoms with van der Waals surface area (Å²) in [5.41, 5.74) is 0.666. The predicted molar refractivity (Wildman–Crippen MR) is 83.0 cm³/mol. The highest BCUT2D eigenvalue weighted by molar-refractivity contribution is 9.10. The summed E-state index contributed by atoms with van der Waals surface area (Å²) in [6.45, 7) is 5.55. The first-order valence-electron chi connectivity index (χ1n) is 7.04. The minimum Gasteiger partial charge on any atom is -0.383 e. The number of nitrogens with zero attached hydrogens (tertiary/aromatic N) is 2. The molecule has 0 radical (unpaired) electrons. The van der Waals surface area contributed by atoms with Crippen LogP contribution in [0.3, 0.4) is 0 Å². The van der Waals surface area contributed by atoms with Gasteiger partial charge < -0.3 is 10.1 Å². The molecule has 1 saturated carbocycles. The molecular weight excluding hydrogens is 322 g/mol. The van der Waals surface area contributed by atoms with Crippen molar-refractivity contribution < 1.29 is 4.74 Å². The number of nitrogens with one attached hydrogen (secondary N) is 1. The molecule has 0 spiro atoms. The van der Waals surface area contributed by atoms with Crippen LogP contribution in [0.15, 0.2) is 15.5 Å². The van der Waals surface area contributed by atoms with Gasteiger partial charge in [-0.05, 0) is 40.6 Å². The number of hydrogen-bond acceptors (Lipinski definition) is 4. The number of ether oxygens (including phenoxy) is 1. The third-order valence-electron chi connectivity index (χ3n) is 3.60. The summed E-state index contributed by atoms with van der Waals surface area (Å²) in [7, 11) is 1.68. The van der Waals surface area contributed by atoms with Crippen LogP contribution in [0.1, 0.15) is 26.7 Å². The molecule has 1 unspecified atom stereocenters. The Morgan fingerprint density at radius 2 is 2.25 bits per heavy atom. The molecule has 0 aliphatic heterocycles. The van der Waals surface area contributed by atoms with Crippen molar-refractivity contribution in [1.29, 1.82) is 0 Å². The van der Waals surface area contributed by atoms with E-state index in [1.807, 2.05) is 0 Å². The van der Waals surface area contributed by atoms with Gasteiger partial charge in [-0.3, -0.25) is 4.79 Å². The van der Waals surface area contributed by atoms with Crippen LogP contribution in [0, 0.1) is 11.8 Å². The third kappa shape index (κ3) is 3.82. The van der Waals surface area contributed by atoms with Gasteiger partial charge in [-0.1, -0.05) is 13.8 Å². The van der Waals surface area contributed by atoms with Crippen molar-refractivity contribution in [3.8, 4) is 0 Å². The quantitative estimate of drug-likeness (QED) is 0.826. The maximum Gasteiger partial charge on any atom is 0.283 e. The van der Waals surface area contributed by atoms with E-state index in [4.69, 9.17) is 4.74 Å². The summed E-state index contributed by atoms with van der Waals surface area (Å²) < 4.78 is 7.31. The Balaban J connectivity index is 2.15. The Hall–Kier alpha value is -0.880. The third-order valence-corrected chi connectivity index (χ3v) is 4.37. The molecule has 0 saturated heterocycles. The largest absolute Gasteiger partial charge is 0.383 e. The second-order valence-corrected chi connectivity index (χ2v) is 6.55. The monoisotopic (exact) mass is 343 g/mol. The fraction of sp³-hybridized carbons (Fsp3) is 0.714. The highest BCUT2D eigenvalue weighted by Crippen LogP contribution is 2.30. The van der Waals surface area contributed by atoms with E-state index in [-0.39, 0.29) is 11.6 Å². The van der Waals surface area contributed by atoms with Crippen LogP contribution in [0.2, 0.25) is 0 Å². The Bertz CT molecular complexity index is 512. The normalized spacial score (nSPS) is 16.4. The van der Waals surface area contributed by atoms with Crippen LogP contribution in [-0.2, 0) is 11.3 Å². The van der Waals surface area contributed by atoms with Crippen molar-refractivity contribution in [2.45, 2.75) is 39.3 Å². The highest BCUT2D eigenvalue weighted by Gasteiger charge is 2.24. The number of hydrogen-bond donors (Lipinski definition) is 1. The zero-order valence-corrected chi connectivity index (χ0v) is 13.8. The fourth-order valence-electron chi connectivity index (χ4n) is 2.02. The molecular formula is C14H22BrN3O2. The van der Waals surface area contributed by atoms with Gasteiger partial charge in [0.25, 0.3) is 5.56 Å². The first-order valence-corrected chi connectivity index (χ1v) is 7.83. The van der Waals surface area contributed by atoms with E-state index in [2.05, 4.69) is 40.2 Å². The van der Waals surface area contributed by atoms with Crippen molar-refractivity contribution in [2.24, 2.45) is 11.8 Å². The van der Waals surface area contributed by atoms with Gasteiger partial charge in [0.1, 0.15) is 4.47 Å². The minimum atomic E-state index is -0.0678. The van der Waals surface area contributed by atoms with Crippen molar-refractivity contribution >= 4 is 21.6 Å². The second-order valence-electron chi connectivity index (χ2n) is 5.75. The standard InChI is InChI=1S/C14H22BrN3O2/c1-9(2)12(8-20-3)17-11-6-16-18(7-10-4-5-10)14(19)13(11)15/h6,9-10,12,17H,4-5,7-8H2,1-3H3. The maximum atomic E-state index is 12.2. The summed E-state index contributed by atoms with van der Waals surface area (Å²) in [4.78, 5) is 12.2. The highest BCUT2D eigenvalue weighted by atomic mass is 79.9. The smallest absolute Gasteiger partial charge is 0.283 e. The summed E-state index contributed by atoms with van der Waals surface area (Å²) in [6.07, 6.45) is 4.13. The maximum absolute atomic E-state index is 12.2. The Labute approximate surface area is 127 Å². The van der Waals surface area contributed by atoms with Crippen molar-refractivity contribution in [3.05, 3.63) is 21.0 Å². The summed E-state index contributed by atoms with van der Waals surface area (Å²) in [5, 5.41) is 7.60. The van der Waals surface area contributed by atoms with Gasteiger partial charge >= 0.3 is 0 Å². The lowest BCUT2D eigenvalue weighted by molar-refractivity contribution is 0.171. The van der Waals surface area contributed by atoms with E-state index in [1.165, 1.54) is 12.8 Å². The molecule has 20 heavy (non-hydrogen) atoms. The topological polar surface area (TPSA) is 56.1 Å². The first-order chi connectivity index (χ1) is 9.52. The van der Waals surface area contributed by atoms with E-state index >= 15 is 0 Å². The molecule has 0 bridgehead atoms. The number of halogens is 1. The molecule has 1 aliphatic carbocycles. The Kier molecular flexibility index (Phi) is 5.21. The zero-order chi connectivity index (χ0) is 14.7. The molecule has 1 heterocycles. The average Bonchev–Trinajstić information content (AvgIpc) is 3.21. The van der Waals surface area contributed by atoms with E-state index in [9.17, 15) is 4.79 Å². The van der Waals surface area contributed by atoms with Crippen LogP contribution < -0.4 is 10.9 Å². The van der Waals surface area contributed by atoms with Gasteiger partial charge in [-0.2, -0.15) is 5.10 Å². The molecule has 0 amide bonds. The summed E-state index contributed by atoms with van der Waals surface area (Å²) >= 11 is 3.39. The number of methoxy groups -OCH3 is 1. The van der Waals surface area contributed by atoms with Crippen molar-refractivity contribution in [3.63, 3.8) is 0 Å². The Morgan fingerprint density at radius 3 is 2.80 bits per heavy atom. The fourth-order valence-corrected chi connectivity index (χ4v) is 2.44. The van der Waals surface area contributed by atoms with Crippen LogP contribution in [0.25, 0.3) is 0 Å². The van der Waals surface area contributed by atoms with E-state index < -0.39 is 0 Å². The molecule has 1 atom stereocenters. The molecule has 112 valence electrons. The molecule has 6 heteroatoms. The predicted octanol–water partition coefficient (Wildman–Crippen LogP) is 2.50. The van der Waals surface area contributed by atoms with Gasteiger partial charge in [-0.25, -0.2) is 4.68 Å². The molecule has 1 aliphatic rings. The number of anilines is 1. The summed E-state index contributed by atoms with van der Waals surface area (Å²) in [6, 6.07) is 0.150. The lowest BCUT2D eigenvalue weighted by atomic mass is 10.1. The van der Waals surface area contributed by atoms with Gasteiger partial charge in [0.15, 0.2) is 0 Å².